The molecule has 0 saturated heterocycles. The fraction of sp³-hybridized carbons (Fsp3) is 0.917. The van der Waals surface area contributed by atoms with Gasteiger partial charge in [0.1, 0.15) is 0 Å². The summed E-state index contributed by atoms with van der Waals surface area (Å²) < 4.78 is 4.98. The highest BCUT2D eigenvalue weighted by molar-refractivity contribution is 5.71. The minimum Gasteiger partial charge on any atom is -0.465 e. The number of nitrogens with zero attached hydrogens (tertiary/aromatic N) is 1. The Morgan fingerprint density at radius 1 is 1.20 bits per heavy atom. The summed E-state index contributed by atoms with van der Waals surface area (Å²) in [6, 6.07) is 0.869. The Hall–Kier alpha value is -0.570. The first-order chi connectivity index (χ1) is 7.06. The monoisotopic (exact) mass is 215 g/mol. The predicted molar refractivity (Wildman–Crippen MR) is 62.8 cm³/mol. The second-order valence-electron chi connectivity index (χ2n) is 4.04. The van der Waals surface area contributed by atoms with Gasteiger partial charge < -0.3 is 4.74 Å². The van der Waals surface area contributed by atoms with Crippen molar-refractivity contribution in [3.05, 3.63) is 0 Å². The highest BCUT2D eigenvalue weighted by Gasteiger charge is 2.21. The molecule has 90 valence electrons. The maximum absolute atomic E-state index is 11.4. The molecule has 0 bridgehead atoms. The Labute approximate surface area is 93.8 Å². The van der Waals surface area contributed by atoms with Crippen LogP contribution in [0.15, 0.2) is 0 Å². The maximum atomic E-state index is 11.4. The molecule has 0 saturated carbocycles. The van der Waals surface area contributed by atoms with Crippen LogP contribution in [0.25, 0.3) is 0 Å². The average Bonchev–Trinajstić information content (AvgIpc) is 2.18. The number of esters is 1. The van der Waals surface area contributed by atoms with E-state index >= 15 is 0 Å². The molecule has 0 aliphatic heterocycles. The zero-order valence-electron chi connectivity index (χ0n) is 10.7. The molecule has 0 radical (unpaired) electrons. The molecule has 0 N–H and O–H groups in total. The van der Waals surface area contributed by atoms with E-state index in [4.69, 9.17) is 4.74 Å². The Balaban J connectivity index is 4.32. The van der Waals surface area contributed by atoms with Gasteiger partial charge in [0.15, 0.2) is 0 Å². The summed E-state index contributed by atoms with van der Waals surface area (Å²) in [6.07, 6.45) is 2.15. The van der Waals surface area contributed by atoms with Crippen LogP contribution in [0.4, 0.5) is 0 Å². The smallest absolute Gasteiger partial charge is 0.320 e. The van der Waals surface area contributed by atoms with Crippen LogP contribution < -0.4 is 0 Å². The predicted octanol–water partition coefficient (Wildman–Crippen LogP) is 2.45. The summed E-state index contributed by atoms with van der Waals surface area (Å²) in [7, 11) is 0. The molecule has 0 amide bonds. The number of ether oxygens (including phenoxy) is 1. The van der Waals surface area contributed by atoms with E-state index in [-0.39, 0.29) is 5.97 Å². The molecule has 0 rings (SSSR count). The summed E-state index contributed by atoms with van der Waals surface area (Å²) in [5, 5.41) is 0. The van der Waals surface area contributed by atoms with Crippen LogP contribution in [0, 0.1) is 0 Å². The van der Waals surface area contributed by atoms with E-state index < -0.39 is 0 Å². The van der Waals surface area contributed by atoms with Crippen molar-refractivity contribution >= 4 is 5.97 Å². The zero-order chi connectivity index (χ0) is 11.8. The van der Waals surface area contributed by atoms with Crippen LogP contribution in [0.5, 0.6) is 0 Å². The van der Waals surface area contributed by atoms with Gasteiger partial charge in [0, 0.05) is 12.1 Å². The molecule has 0 atom stereocenters. The summed E-state index contributed by atoms with van der Waals surface area (Å²) in [6.45, 7) is 11.3. The molecule has 0 spiro atoms. The number of hydrogen-bond acceptors (Lipinski definition) is 3. The minimum atomic E-state index is -0.113. The Bertz CT molecular complexity index is 176. The number of carbonyl (C=O) groups is 1. The maximum Gasteiger partial charge on any atom is 0.320 e. The largest absolute Gasteiger partial charge is 0.465 e. The van der Waals surface area contributed by atoms with Gasteiger partial charge in [-0.1, -0.05) is 13.8 Å². The van der Waals surface area contributed by atoms with Gasteiger partial charge in [0.25, 0.3) is 0 Å². The van der Waals surface area contributed by atoms with Gasteiger partial charge >= 0.3 is 5.97 Å². The quantitative estimate of drug-likeness (QED) is 0.611. The lowest BCUT2D eigenvalue weighted by molar-refractivity contribution is -0.145. The van der Waals surface area contributed by atoms with Crippen LogP contribution in [-0.4, -0.2) is 36.1 Å². The van der Waals surface area contributed by atoms with Crippen LogP contribution in [0.3, 0.4) is 0 Å². The SMILES string of the molecule is CCOC(=O)CN(C(C)C)C(CC)CC. The molecule has 3 nitrogen and oxygen atoms in total. The second-order valence-corrected chi connectivity index (χ2v) is 4.04. The number of rotatable bonds is 7. The fourth-order valence-electron chi connectivity index (χ4n) is 1.85. The molecule has 0 fully saturated rings. The first-order valence-electron chi connectivity index (χ1n) is 5.98. The second kappa shape index (κ2) is 7.69. The number of hydrogen-bond donors (Lipinski definition) is 0. The van der Waals surface area contributed by atoms with E-state index in [1.165, 1.54) is 0 Å². The van der Waals surface area contributed by atoms with Gasteiger partial charge in [-0.05, 0) is 33.6 Å². The molecule has 3 heteroatoms. The summed E-state index contributed by atoms with van der Waals surface area (Å²) in [5.74, 6) is -0.113. The molecule has 0 aromatic rings. The van der Waals surface area contributed by atoms with Gasteiger partial charge in [0.05, 0.1) is 13.2 Å². The topological polar surface area (TPSA) is 29.5 Å². The van der Waals surface area contributed by atoms with Crippen molar-refractivity contribution in [3.63, 3.8) is 0 Å². The summed E-state index contributed by atoms with van der Waals surface area (Å²) in [5.41, 5.74) is 0. The standard InChI is InChI=1S/C12H25NO2/c1-6-11(7-2)13(10(4)5)9-12(14)15-8-3/h10-11H,6-9H2,1-5H3. The number of carbonyl (C=O) groups excluding carboxylic acids is 1. The lowest BCUT2D eigenvalue weighted by atomic mass is 10.1. The van der Waals surface area contributed by atoms with E-state index in [0.717, 1.165) is 12.8 Å². The van der Waals surface area contributed by atoms with Crippen LogP contribution in [-0.2, 0) is 9.53 Å². The van der Waals surface area contributed by atoms with E-state index in [1.54, 1.807) is 0 Å². The molecule has 0 aliphatic carbocycles. The van der Waals surface area contributed by atoms with Crippen molar-refractivity contribution in [3.8, 4) is 0 Å². The van der Waals surface area contributed by atoms with Crippen molar-refractivity contribution in [1.82, 2.24) is 4.90 Å². The third-order valence-electron chi connectivity index (χ3n) is 2.69. The normalized spacial score (nSPS) is 11.5. The van der Waals surface area contributed by atoms with Gasteiger partial charge in [-0.2, -0.15) is 0 Å². The molecule has 0 aromatic heterocycles. The van der Waals surface area contributed by atoms with E-state index in [9.17, 15) is 4.79 Å². The van der Waals surface area contributed by atoms with E-state index in [2.05, 4.69) is 32.6 Å². The third-order valence-corrected chi connectivity index (χ3v) is 2.69. The summed E-state index contributed by atoms with van der Waals surface area (Å²) in [4.78, 5) is 13.7. The first-order valence-corrected chi connectivity index (χ1v) is 5.98. The van der Waals surface area contributed by atoms with Crippen LogP contribution in [0.2, 0.25) is 0 Å². The lowest BCUT2D eigenvalue weighted by Gasteiger charge is -2.32. The van der Waals surface area contributed by atoms with E-state index in [1.807, 2.05) is 6.92 Å². The fourth-order valence-corrected chi connectivity index (χ4v) is 1.85. The lowest BCUT2D eigenvalue weighted by Crippen LogP contribution is -2.43. The van der Waals surface area contributed by atoms with Crippen LogP contribution in [0.1, 0.15) is 47.5 Å². The van der Waals surface area contributed by atoms with Crippen molar-refractivity contribution in [1.29, 1.82) is 0 Å². The highest BCUT2D eigenvalue weighted by Crippen LogP contribution is 2.12. The molecule has 0 aliphatic rings. The van der Waals surface area contributed by atoms with Crippen molar-refractivity contribution in [2.45, 2.75) is 59.5 Å². The molecule has 0 unspecified atom stereocenters. The Kier molecular flexibility index (Phi) is 7.39. The van der Waals surface area contributed by atoms with Gasteiger partial charge in [-0.3, -0.25) is 9.69 Å². The average molecular weight is 215 g/mol. The highest BCUT2D eigenvalue weighted by atomic mass is 16.5. The summed E-state index contributed by atoms with van der Waals surface area (Å²) >= 11 is 0. The molecule has 15 heavy (non-hydrogen) atoms. The Morgan fingerprint density at radius 2 is 1.73 bits per heavy atom. The van der Waals surface area contributed by atoms with Gasteiger partial charge in [-0.25, -0.2) is 0 Å². The van der Waals surface area contributed by atoms with E-state index in [0.29, 0.717) is 25.2 Å². The van der Waals surface area contributed by atoms with Gasteiger partial charge in [-0.15, -0.1) is 0 Å². The van der Waals surface area contributed by atoms with Crippen molar-refractivity contribution in [2.75, 3.05) is 13.2 Å². The Morgan fingerprint density at radius 3 is 2.07 bits per heavy atom. The zero-order valence-corrected chi connectivity index (χ0v) is 10.7. The van der Waals surface area contributed by atoms with Gasteiger partial charge in [0.2, 0.25) is 0 Å². The van der Waals surface area contributed by atoms with Crippen molar-refractivity contribution in [2.24, 2.45) is 0 Å². The molecule has 0 heterocycles. The minimum absolute atomic E-state index is 0.113. The molecular weight excluding hydrogens is 190 g/mol. The molecular formula is C12H25NO2. The van der Waals surface area contributed by atoms with Crippen LogP contribution >= 0.6 is 0 Å². The molecule has 0 aromatic carbocycles. The van der Waals surface area contributed by atoms with Crippen molar-refractivity contribution < 1.29 is 9.53 Å². The third kappa shape index (κ3) is 5.17. The first kappa shape index (κ1) is 14.4.